The maximum absolute atomic E-state index is 9.04. The van der Waals surface area contributed by atoms with Gasteiger partial charge in [-0.05, 0) is 20.8 Å². The lowest BCUT2D eigenvalue weighted by Gasteiger charge is -2.24. The summed E-state index contributed by atoms with van der Waals surface area (Å²) in [5.41, 5.74) is 0.477. The van der Waals surface area contributed by atoms with Crippen LogP contribution in [0.5, 0.6) is 0 Å². The van der Waals surface area contributed by atoms with Crippen LogP contribution >= 0.6 is 0 Å². The van der Waals surface area contributed by atoms with E-state index in [0.29, 0.717) is 0 Å². The van der Waals surface area contributed by atoms with Gasteiger partial charge in [0.25, 0.3) is 0 Å². The van der Waals surface area contributed by atoms with Gasteiger partial charge in [-0.25, -0.2) is 4.98 Å². The summed E-state index contributed by atoms with van der Waals surface area (Å²) in [5, 5.41) is 12.1. The fraction of sp³-hybridized carbons (Fsp3) is 0.556. The molecule has 2 N–H and O–H groups in total. The molecule has 0 spiro atoms. The first kappa shape index (κ1) is 9.92. The van der Waals surface area contributed by atoms with Crippen LogP contribution in [-0.2, 0) is 0 Å². The van der Waals surface area contributed by atoms with Crippen molar-refractivity contribution in [3.05, 3.63) is 18.1 Å². The van der Waals surface area contributed by atoms with E-state index >= 15 is 0 Å². The summed E-state index contributed by atoms with van der Waals surface area (Å²) < 4.78 is 0. The third-order valence-corrected chi connectivity index (χ3v) is 1.73. The highest BCUT2D eigenvalue weighted by atomic mass is 16.3. The Bertz CT molecular complexity index is 286. The largest absolute Gasteiger partial charge is 0.394 e. The molecule has 1 heterocycles. The first-order valence-corrected chi connectivity index (χ1v) is 4.22. The van der Waals surface area contributed by atoms with Crippen molar-refractivity contribution in [3.63, 3.8) is 0 Å². The second-order valence-corrected chi connectivity index (χ2v) is 3.66. The number of anilines is 1. The summed E-state index contributed by atoms with van der Waals surface area (Å²) in [4.78, 5) is 8.22. The van der Waals surface area contributed by atoms with Crippen LogP contribution in [0.25, 0.3) is 0 Å². The number of nitrogens with one attached hydrogen (secondary N) is 1. The summed E-state index contributed by atoms with van der Waals surface area (Å²) in [6, 6.07) is 0. The van der Waals surface area contributed by atoms with Crippen LogP contribution in [-0.4, -0.2) is 27.2 Å². The Hall–Kier alpha value is -1.16. The number of aliphatic hydroxyl groups excluding tert-OH is 1. The van der Waals surface area contributed by atoms with Gasteiger partial charge in [-0.15, -0.1) is 0 Å². The van der Waals surface area contributed by atoms with Crippen LogP contribution in [0.15, 0.2) is 12.4 Å². The normalized spacial score (nSPS) is 11.4. The number of rotatable bonds is 3. The summed E-state index contributed by atoms with van der Waals surface area (Å²) in [6.07, 6.45) is 3.27. The second kappa shape index (κ2) is 3.70. The van der Waals surface area contributed by atoms with Gasteiger partial charge >= 0.3 is 0 Å². The topological polar surface area (TPSA) is 58.0 Å². The van der Waals surface area contributed by atoms with Gasteiger partial charge in [0, 0.05) is 12.4 Å². The minimum Gasteiger partial charge on any atom is -0.394 e. The van der Waals surface area contributed by atoms with Crippen LogP contribution in [0, 0.1) is 6.92 Å². The molecule has 0 fully saturated rings. The summed E-state index contributed by atoms with van der Waals surface area (Å²) in [7, 11) is 0. The van der Waals surface area contributed by atoms with Gasteiger partial charge in [0.1, 0.15) is 5.82 Å². The number of aliphatic hydroxyl groups is 1. The van der Waals surface area contributed by atoms with Gasteiger partial charge in [0.05, 0.1) is 17.8 Å². The fourth-order valence-corrected chi connectivity index (χ4v) is 0.890. The van der Waals surface area contributed by atoms with Crippen molar-refractivity contribution < 1.29 is 5.11 Å². The minimum atomic E-state index is -0.360. The molecule has 0 aromatic carbocycles. The van der Waals surface area contributed by atoms with Gasteiger partial charge in [0.2, 0.25) is 0 Å². The Balaban J connectivity index is 2.80. The summed E-state index contributed by atoms with van der Waals surface area (Å²) >= 11 is 0. The molecule has 0 aliphatic rings. The number of nitrogens with zero attached hydrogens (tertiary/aromatic N) is 2. The second-order valence-electron chi connectivity index (χ2n) is 3.66. The molecule has 0 unspecified atom stereocenters. The smallest absolute Gasteiger partial charge is 0.147 e. The lowest BCUT2D eigenvalue weighted by molar-refractivity contribution is 0.234. The first-order chi connectivity index (χ1) is 6.05. The van der Waals surface area contributed by atoms with E-state index in [1.807, 2.05) is 20.8 Å². The average Bonchev–Trinajstić information content (AvgIpc) is 2.09. The maximum Gasteiger partial charge on any atom is 0.147 e. The third-order valence-electron chi connectivity index (χ3n) is 1.73. The highest BCUT2D eigenvalue weighted by Gasteiger charge is 2.17. The van der Waals surface area contributed by atoms with Gasteiger partial charge in [-0.1, -0.05) is 0 Å². The lowest BCUT2D eigenvalue weighted by atomic mass is 10.1. The third kappa shape index (κ3) is 2.66. The quantitative estimate of drug-likeness (QED) is 0.729. The van der Waals surface area contributed by atoms with Crippen LogP contribution in [0.4, 0.5) is 5.82 Å². The summed E-state index contributed by atoms with van der Waals surface area (Å²) in [6.45, 7) is 5.74. The van der Waals surface area contributed by atoms with Crippen molar-refractivity contribution in [2.24, 2.45) is 0 Å². The Labute approximate surface area is 78.0 Å². The highest BCUT2D eigenvalue weighted by Crippen LogP contribution is 2.13. The van der Waals surface area contributed by atoms with E-state index in [9.17, 15) is 0 Å². The Morgan fingerprint density at radius 1 is 1.38 bits per heavy atom. The molecule has 1 aromatic rings. The van der Waals surface area contributed by atoms with E-state index in [1.165, 1.54) is 0 Å². The molecule has 0 atom stereocenters. The first-order valence-electron chi connectivity index (χ1n) is 4.22. The van der Waals surface area contributed by atoms with Crippen LogP contribution in [0.3, 0.4) is 0 Å². The monoisotopic (exact) mass is 181 g/mol. The highest BCUT2D eigenvalue weighted by molar-refractivity contribution is 5.40. The SMILES string of the molecule is Cc1nccnc1NC(C)(C)CO. The standard InChI is InChI=1S/C9H15N3O/c1-7-8(11-5-4-10-7)12-9(2,3)6-13/h4-5,13H,6H2,1-3H3,(H,11,12). The zero-order valence-corrected chi connectivity index (χ0v) is 8.20. The van der Waals surface area contributed by atoms with Crippen molar-refractivity contribution in [3.8, 4) is 0 Å². The molecule has 1 rings (SSSR count). The number of hydrogen-bond donors (Lipinski definition) is 2. The molecule has 0 saturated heterocycles. The zero-order chi connectivity index (χ0) is 9.90. The van der Waals surface area contributed by atoms with Crippen LogP contribution in [0.1, 0.15) is 19.5 Å². The van der Waals surface area contributed by atoms with Gasteiger partial charge in [0.15, 0.2) is 0 Å². The molecule has 1 aromatic heterocycles. The molecule has 13 heavy (non-hydrogen) atoms. The Morgan fingerprint density at radius 2 is 2.00 bits per heavy atom. The van der Waals surface area contributed by atoms with E-state index in [-0.39, 0.29) is 12.1 Å². The van der Waals surface area contributed by atoms with Crippen molar-refractivity contribution in [2.75, 3.05) is 11.9 Å². The molecule has 4 nitrogen and oxygen atoms in total. The molecule has 4 heteroatoms. The number of aryl methyl sites for hydroxylation is 1. The maximum atomic E-state index is 9.04. The van der Waals surface area contributed by atoms with Gasteiger partial charge in [-0.3, -0.25) is 4.98 Å². The predicted molar refractivity (Wildman–Crippen MR) is 51.6 cm³/mol. The van der Waals surface area contributed by atoms with E-state index < -0.39 is 0 Å². The Kier molecular flexibility index (Phi) is 2.83. The average molecular weight is 181 g/mol. The Morgan fingerprint density at radius 3 is 2.54 bits per heavy atom. The minimum absolute atomic E-state index is 0.0585. The lowest BCUT2D eigenvalue weighted by Crippen LogP contribution is -2.35. The van der Waals surface area contributed by atoms with E-state index in [0.717, 1.165) is 11.5 Å². The molecular weight excluding hydrogens is 166 g/mol. The molecule has 0 saturated carbocycles. The van der Waals surface area contributed by atoms with Crippen molar-refractivity contribution in [2.45, 2.75) is 26.3 Å². The van der Waals surface area contributed by atoms with Crippen LogP contribution < -0.4 is 5.32 Å². The molecular formula is C9H15N3O. The van der Waals surface area contributed by atoms with Crippen molar-refractivity contribution in [1.82, 2.24) is 9.97 Å². The molecule has 0 aliphatic heterocycles. The van der Waals surface area contributed by atoms with E-state index in [2.05, 4.69) is 15.3 Å². The van der Waals surface area contributed by atoms with Crippen LogP contribution in [0.2, 0.25) is 0 Å². The number of aromatic nitrogens is 2. The van der Waals surface area contributed by atoms with E-state index in [1.54, 1.807) is 12.4 Å². The molecule has 0 radical (unpaired) electrons. The van der Waals surface area contributed by atoms with Crippen molar-refractivity contribution >= 4 is 5.82 Å². The molecule has 0 aliphatic carbocycles. The summed E-state index contributed by atoms with van der Waals surface area (Å²) in [5.74, 6) is 0.724. The van der Waals surface area contributed by atoms with E-state index in [4.69, 9.17) is 5.11 Å². The van der Waals surface area contributed by atoms with Gasteiger partial charge in [-0.2, -0.15) is 0 Å². The van der Waals surface area contributed by atoms with Gasteiger partial charge < -0.3 is 10.4 Å². The molecule has 0 amide bonds. The fourth-order valence-electron chi connectivity index (χ4n) is 0.890. The number of hydrogen-bond acceptors (Lipinski definition) is 4. The zero-order valence-electron chi connectivity index (χ0n) is 8.20. The van der Waals surface area contributed by atoms with Crippen molar-refractivity contribution in [1.29, 1.82) is 0 Å². The predicted octanol–water partition coefficient (Wildman–Crippen LogP) is 0.968. The molecule has 0 bridgehead atoms. The molecule has 72 valence electrons.